The van der Waals surface area contributed by atoms with Crippen molar-refractivity contribution in [2.24, 2.45) is 5.41 Å². The lowest BCUT2D eigenvalue weighted by Crippen LogP contribution is -2.53. The molecule has 0 N–H and O–H groups in total. The van der Waals surface area contributed by atoms with Crippen LogP contribution in [-0.4, -0.2) is 25.5 Å². The second-order valence-electron chi connectivity index (χ2n) is 7.60. The maximum atomic E-state index is 14.1. The molecule has 0 radical (unpaired) electrons. The first-order chi connectivity index (χ1) is 15.4. The van der Waals surface area contributed by atoms with Gasteiger partial charge in [0.2, 0.25) is 5.91 Å². The van der Waals surface area contributed by atoms with Crippen molar-refractivity contribution >= 4 is 29.2 Å². The second-order valence-corrected chi connectivity index (χ2v) is 8.04. The Kier molecular flexibility index (Phi) is 5.12. The van der Waals surface area contributed by atoms with Gasteiger partial charge in [0.1, 0.15) is 5.41 Å². The molecule has 1 spiro atoms. The Hall–Kier alpha value is -3.87. The zero-order chi connectivity index (χ0) is 23.1. The number of hydrogen-bond acceptors (Lipinski definition) is 5. The van der Waals surface area contributed by atoms with E-state index in [2.05, 4.69) is 18.7 Å². The molecular weight excluding hydrogens is 426 g/mol. The van der Waals surface area contributed by atoms with E-state index in [1.165, 1.54) is 18.1 Å². The van der Waals surface area contributed by atoms with Crippen LogP contribution in [0.5, 0.6) is 0 Å². The van der Waals surface area contributed by atoms with Gasteiger partial charge in [-0.1, -0.05) is 54.1 Å². The SMILES string of the molecule is C=CCN1C(=O)[C@@]2(C(C(=O)OC)=C[C@@H](c3ccc(Cl)cc3)C2(C#N)C#N)c2ccccc21. The molecule has 0 saturated carbocycles. The predicted molar refractivity (Wildman–Crippen MR) is 119 cm³/mol. The van der Waals surface area contributed by atoms with Gasteiger partial charge in [-0.2, -0.15) is 10.5 Å². The molecule has 2 aliphatic rings. The standard InChI is InChI=1S/C25H18ClN3O3/c1-3-12-29-21-7-5-4-6-18(21)25(23(29)31)20(22(30)32-2)13-19(24(25,14-27)15-28)16-8-10-17(26)11-9-16/h3-11,13,19H,1,12H2,2H3/t19-,25-/m0/s1. The van der Waals surface area contributed by atoms with Gasteiger partial charge in [-0.3, -0.25) is 4.79 Å². The first-order valence-electron chi connectivity index (χ1n) is 9.83. The minimum absolute atomic E-state index is 0.0212. The molecule has 1 heterocycles. The Labute approximate surface area is 190 Å². The number of amides is 1. The van der Waals surface area contributed by atoms with Crippen molar-refractivity contribution in [3.05, 3.63) is 89.0 Å². The minimum atomic E-state index is -1.94. The average Bonchev–Trinajstić information content (AvgIpc) is 3.26. The third-order valence-corrected chi connectivity index (χ3v) is 6.51. The Morgan fingerprint density at radius 2 is 1.88 bits per heavy atom. The summed E-state index contributed by atoms with van der Waals surface area (Å²) < 4.78 is 5.03. The van der Waals surface area contributed by atoms with Gasteiger partial charge in [0.25, 0.3) is 0 Å². The topological polar surface area (TPSA) is 94.2 Å². The summed E-state index contributed by atoms with van der Waals surface area (Å²) in [6.07, 6.45) is 3.08. The number of esters is 1. The van der Waals surface area contributed by atoms with E-state index in [0.29, 0.717) is 21.8 Å². The molecule has 1 aliphatic carbocycles. The van der Waals surface area contributed by atoms with Gasteiger partial charge in [-0.25, -0.2) is 4.79 Å². The van der Waals surface area contributed by atoms with Crippen molar-refractivity contribution in [2.75, 3.05) is 18.6 Å². The fourth-order valence-electron chi connectivity index (χ4n) is 4.95. The van der Waals surface area contributed by atoms with Crippen molar-refractivity contribution in [1.29, 1.82) is 10.5 Å². The van der Waals surface area contributed by atoms with Crippen molar-refractivity contribution in [3.8, 4) is 12.1 Å². The Morgan fingerprint density at radius 1 is 1.22 bits per heavy atom. The molecule has 2 aromatic carbocycles. The van der Waals surface area contributed by atoms with Gasteiger partial charge < -0.3 is 9.64 Å². The van der Waals surface area contributed by atoms with Crippen LogP contribution in [0.4, 0.5) is 5.69 Å². The molecule has 0 bridgehead atoms. The van der Waals surface area contributed by atoms with Crippen molar-refractivity contribution in [3.63, 3.8) is 0 Å². The summed E-state index contributed by atoms with van der Waals surface area (Å²) in [5, 5.41) is 21.5. The number of carbonyl (C=O) groups is 2. The highest BCUT2D eigenvalue weighted by atomic mass is 35.5. The highest BCUT2D eigenvalue weighted by Gasteiger charge is 2.73. The number of nitrogens with zero attached hydrogens (tertiary/aromatic N) is 3. The number of hydrogen-bond donors (Lipinski definition) is 0. The summed E-state index contributed by atoms with van der Waals surface area (Å²) in [6, 6.07) is 17.8. The van der Waals surface area contributed by atoms with Gasteiger partial charge in [0, 0.05) is 23.2 Å². The van der Waals surface area contributed by atoms with E-state index in [0.717, 1.165) is 0 Å². The molecule has 2 atom stereocenters. The fourth-order valence-corrected chi connectivity index (χ4v) is 5.07. The van der Waals surface area contributed by atoms with Gasteiger partial charge in [-0.05, 0) is 29.3 Å². The molecule has 2 aromatic rings. The summed E-state index contributed by atoms with van der Waals surface area (Å²) in [7, 11) is 1.21. The quantitative estimate of drug-likeness (QED) is 0.525. The van der Waals surface area contributed by atoms with Crippen molar-refractivity contribution in [2.45, 2.75) is 11.3 Å². The van der Waals surface area contributed by atoms with E-state index in [1.807, 2.05) is 0 Å². The third kappa shape index (κ3) is 2.51. The molecule has 0 fully saturated rings. The van der Waals surface area contributed by atoms with Crippen LogP contribution in [0.15, 0.2) is 72.8 Å². The van der Waals surface area contributed by atoms with E-state index in [1.54, 1.807) is 54.6 Å². The number of ether oxygens (including phenoxy) is 1. The first-order valence-corrected chi connectivity index (χ1v) is 10.2. The average molecular weight is 444 g/mol. The monoisotopic (exact) mass is 443 g/mol. The molecule has 7 heteroatoms. The van der Waals surface area contributed by atoms with Gasteiger partial charge >= 0.3 is 5.97 Å². The van der Waals surface area contributed by atoms with E-state index in [9.17, 15) is 20.1 Å². The Bertz CT molecular complexity index is 1240. The number of halogens is 1. The zero-order valence-electron chi connectivity index (χ0n) is 17.2. The number of benzene rings is 2. The zero-order valence-corrected chi connectivity index (χ0v) is 18.0. The van der Waals surface area contributed by atoms with Crippen LogP contribution in [0, 0.1) is 28.1 Å². The van der Waals surface area contributed by atoms with Gasteiger partial charge in [0.15, 0.2) is 5.41 Å². The summed E-state index contributed by atoms with van der Waals surface area (Å²) in [5.41, 5.74) is -2.28. The van der Waals surface area contributed by atoms with Crippen LogP contribution in [0.2, 0.25) is 5.02 Å². The molecule has 32 heavy (non-hydrogen) atoms. The number of para-hydroxylation sites is 1. The van der Waals surface area contributed by atoms with Gasteiger partial charge in [0.05, 0.1) is 24.8 Å². The molecule has 4 rings (SSSR count). The molecular formula is C25H18ClN3O3. The smallest absolute Gasteiger partial charge is 0.334 e. The van der Waals surface area contributed by atoms with E-state index in [-0.39, 0.29) is 12.1 Å². The minimum Gasteiger partial charge on any atom is -0.466 e. The lowest BCUT2D eigenvalue weighted by molar-refractivity contribution is -0.139. The number of nitriles is 2. The number of rotatable bonds is 4. The number of methoxy groups -OCH3 is 1. The van der Waals surface area contributed by atoms with E-state index in [4.69, 9.17) is 16.3 Å². The van der Waals surface area contributed by atoms with Crippen LogP contribution in [0.3, 0.4) is 0 Å². The highest BCUT2D eigenvalue weighted by molar-refractivity contribution is 6.30. The normalized spacial score (nSPS) is 22.6. The molecule has 0 saturated heterocycles. The van der Waals surface area contributed by atoms with Crippen LogP contribution >= 0.6 is 11.6 Å². The molecule has 6 nitrogen and oxygen atoms in total. The fraction of sp³-hybridized carbons (Fsp3) is 0.200. The number of anilines is 1. The van der Waals surface area contributed by atoms with Crippen molar-refractivity contribution in [1.82, 2.24) is 0 Å². The van der Waals surface area contributed by atoms with Crippen LogP contribution in [-0.2, 0) is 19.7 Å². The highest BCUT2D eigenvalue weighted by Crippen LogP contribution is 2.65. The molecule has 0 aromatic heterocycles. The molecule has 0 unspecified atom stereocenters. The number of allylic oxidation sites excluding steroid dienone is 1. The second kappa shape index (κ2) is 7.67. The van der Waals surface area contributed by atoms with E-state index < -0.39 is 28.6 Å². The Morgan fingerprint density at radius 3 is 2.47 bits per heavy atom. The lowest BCUT2D eigenvalue weighted by Gasteiger charge is -2.37. The third-order valence-electron chi connectivity index (χ3n) is 6.26. The summed E-state index contributed by atoms with van der Waals surface area (Å²) in [6.45, 7) is 3.88. The van der Waals surface area contributed by atoms with Gasteiger partial charge in [-0.15, -0.1) is 6.58 Å². The summed E-state index contributed by atoms with van der Waals surface area (Å²) in [5.74, 6) is -2.17. The van der Waals surface area contributed by atoms with Crippen LogP contribution < -0.4 is 4.90 Å². The number of carbonyl (C=O) groups excluding carboxylic acids is 2. The van der Waals surface area contributed by atoms with Crippen LogP contribution in [0.25, 0.3) is 0 Å². The Balaban J connectivity index is 2.11. The predicted octanol–water partition coefficient (Wildman–Crippen LogP) is 4.04. The maximum absolute atomic E-state index is 14.1. The molecule has 158 valence electrons. The summed E-state index contributed by atoms with van der Waals surface area (Å²) >= 11 is 6.03. The maximum Gasteiger partial charge on any atom is 0.334 e. The van der Waals surface area contributed by atoms with Crippen molar-refractivity contribution < 1.29 is 14.3 Å². The molecule has 1 aliphatic heterocycles. The molecule has 1 amide bonds. The van der Waals surface area contributed by atoms with E-state index >= 15 is 0 Å². The number of fused-ring (bicyclic) bond motifs is 2. The summed E-state index contributed by atoms with van der Waals surface area (Å²) in [4.78, 5) is 28.6. The first kappa shape index (κ1) is 21.4. The largest absolute Gasteiger partial charge is 0.466 e. The van der Waals surface area contributed by atoms with Crippen LogP contribution in [0.1, 0.15) is 17.0 Å². The lowest BCUT2D eigenvalue weighted by atomic mass is 9.57.